The van der Waals surface area contributed by atoms with Crippen molar-refractivity contribution in [3.8, 4) is 0 Å². The number of methoxy groups -OCH3 is 3. The predicted molar refractivity (Wildman–Crippen MR) is 40.9 cm³/mol. The molecule has 1 saturated carbocycles. The van der Waals surface area contributed by atoms with Crippen LogP contribution in [-0.2, 0) is 14.2 Å². The molecule has 1 fully saturated rings. The van der Waals surface area contributed by atoms with Crippen molar-refractivity contribution in [1.82, 2.24) is 5.32 Å². The largest absolute Gasteiger partial charge is 0.453 e. The molecule has 1 amide bonds. The molecule has 70 valence electrons. The molecule has 0 radical (unpaired) electrons. The fourth-order valence-corrected chi connectivity index (χ4v) is 1.18. The lowest BCUT2D eigenvalue weighted by Crippen LogP contribution is -2.29. The first-order valence-electron chi connectivity index (χ1n) is 3.64. The van der Waals surface area contributed by atoms with Gasteiger partial charge in [-0.3, -0.25) is 0 Å². The molecule has 1 N–H and O–H groups in total. The minimum absolute atomic E-state index is 0.0471. The Hall–Kier alpha value is -0.810. The van der Waals surface area contributed by atoms with Gasteiger partial charge in [0, 0.05) is 14.2 Å². The van der Waals surface area contributed by atoms with Gasteiger partial charge in [-0.2, -0.15) is 0 Å². The molecular formula is C7H13NO4. The van der Waals surface area contributed by atoms with Crippen molar-refractivity contribution in [3.05, 3.63) is 0 Å². The molecule has 0 saturated heterocycles. The Kier molecular flexibility index (Phi) is 2.88. The fraction of sp³-hybridized carbons (Fsp3) is 0.857. The van der Waals surface area contributed by atoms with Gasteiger partial charge in [0.15, 0.2) is 0 Å². The molecule has 0 aromatic carbocycles. The highest BCUT2D eigenvalue weighted by molar-refractivity contribution is 5.68. The summed E-state index contributed by atoms with van der Waals surface area (Å²) in [6, 6.07) is -0.0764. The number of hydrogen-bond donors (Lipinski definition) is 1. The SMILES string of the molecule is COC(=O)NC1C(OC)C1OC. The van der Waals surface area contributed by atoms with Gasteiger partial charge in [0.05, 0.1) is 13.2 Å². The van der Waals surface area contributed by atoms with Crippen molar-refractivity contribution in [2.45, 2.75) is 18.2 Å². The number of ether oxygens (including phenoxy) is 3. The number of hydrogen-bond acceptors (Lipinski definition) is 4. The van der Waals surface area contributed by atoms with E-state index in [1.165, 1.54) is 7.11 Å². The minimum atomic E-state index is -0.457. The van der Waals surface area contributed by atoms with Crippen molar-refractivity contribution in [2.75, 3.05) is 21.3 Å². The zero-order valence-electron chi connectivity index (χ0n) is 7.37. The first-order chi connectivity index (χ1) is 5.74. The van der Waals surface area contributed by atoms with E-state index in [0.29, 0.717) is 0 Å². The van der Waals surface area contributed by atoms with Gasteiger partial charge in [0.1, 0.15) is 12.2 Å². The summed E-state index contributed by atoms with van der Waals surface area (Å²) in [5.41, 5.74) is 0. The van der Waals surface area contributed by atoms with E-state index in [1.807, 2.05) is 0 Å². The van der Waals surface area contributed by atoms with Crippen LogP contribution in [0.3, 0.4) is 0 Å². The van der Waals surface area contributed by atoms with E-state index in [-0.39, 0.29) is 18.2 Å². The van der Waals surface area contributed by atoms with Crippen LogP contribution in [0.5, 0.6) is 0 Å². The number of rotatable bonds is 3. The molecule has 12 heavy (non-hydrogen) atoms. The Morgan fingerprint density at radius 3 is 2.00 bits per heavy atom. The summed E-state index contributed by atoms with van der Waals surface area (Å²) in [6.07, 6.45) is -0.551. The summed E-state index contributed by atoms with van der Waals surface area (Å²) in [5, 5.41) is 2.59. The van der Waals surface area contributed by atoms with Gasteiger partial charge in [-0.1, -0.05) is 0 Å². The highest BCUT2D eigenvalue weighted by atomic mass is 16.6. The van der Waals surface area contributed by atoms with Crippen LogP contribution in [0.4, 0.5) is 4.79 Å². The van der Waals surface area contributed by atoms with E-state index in [9.17, 15) is 4.79 Å². The van der Waals surface area contributed by atoms with Gasteiger partial charge in [0.2, 0.25) is 0 Å². The van der Waals surface area contributed by atoms with E-state index in [1.54, 1.807) is 14.2 Å². The second-order valence-electron chi connectivity index (χ2n) is 2.56. The Morgan fingerprint density at radius 2 is 1.67 bits per heavy atom. The molecule has 1 rings (SSSR count). The smallest absolute Gasteiger partial charge is 0.407 e. The van der Waals surface area contributed by atoms with Crippen LogP contribution >= 0.6 is 0 Å². The Morgan fingerprint density at radius 1 is 1.17 bits per heavy atom. The molecule has 1 aliphatic rings. The molecule has 0 aromatic rings. The summed E-state index contributed by atoms with van der Waals surface area (Å²) in [4.78, 5) is 10.7. The average molecular weight is 175 g/mol. The maximum atomic E-state index is 10.7. The quantitative estimate of drug-likeness (QED) is 0.643. The van der Waals surface area contributed by atoms with Crippen LogP contribution in [0.25, 0.3) is 0 Å². The summed E-state index contributed by atoms with van der Waals surface area (Å²) in [6.45, 7) is 0. The maximum absolute atomic E-state index is 10.7. The van der Waals surface area contributed by atoms with Crippen molar-refractivity contribution in [1.29, 1.82) is 0 Å². The third-order valence-corrected chi connectivity index (χ3v) is 1.91. The van der Waals surface area contributed by atoms with Crippen LogP contribution in [0, 0.1) is 0 Å². The molecule has 0 spiro atoms. The second kappa shape index (κ2) is 3.73. The lowest BCUT2D eigenvalue weighted by atomic mass is 10.7. The lowest BCUT2D eigenvalue weighted by Gasteiger charge is -2.00. The van der Waals surface area contributed by atoms with Gasteiger partial charge in [-0.25, -0.2) is 4.79 Å². The molecule has 0 bridgehead atoms. The van der Waals surface area contributed by atoms with Crippen LogP contribution in [0.15, 0.2) is 0 Å². The summed E-state index contributed by atoms with van der Waals surface area (Å²) < 4.78 is 14.5. The number of carbonyl (C=O) groups is 1. The number of alkyl carbamates (subject to hydrolysis) is 1. The number of amides is 1. The summed E-state index contributed by atoms with van der Waals surface area (Å²) in [7, 11) is 4.48. The zero-order valence-corrected chi connectivity index (χ0v) is 7.37. The van der Waals surface area contributed by atoms with E-state index in [2.05, 4.69) is 10.1 Å². The standard InChI is InChI=1S/C7H13NO4/c1-10-5-4(6(5)11-2)8-7(9)12-3/h4-6H,1-3H3,(H,8,9). The number of carbonyl (C=O) groups excluding carboxylic acids is 1. The lowest BCUT2D eigenvalue weighted by molar-refractivity contribution is 0.0972. The normalized spacial score (nSPS) is 32.8. The monoisotopic (exact) mass is 175 g/mol. The zero-order chi connectivity index (χ0) is 9.14. The van der Waals surface area contributed by atoms with Crippen LogP contribution in [0.1, 0.15) is 0 Å². The molecular weight excluding hydrogens is 162 g/mol. The third-order valence-electron chi connectivity index (χ3n) is 1.91. The highest BCUT2D eigenvalue weighted by Crippen LogP contribution is 2.28. The highest BCUT2D eigenvalue weighted by Gasteiger charge is 2.53. The van der Waals surface area contributed by atoms with E-state index in [0.717, 1.165) is 0 Å². The Balaban J connectivity index is 2.31. The maximum Gasteiger partial charge on any atom is 0.407 e. The van der Waals surface area contributed by atoms with Crippen molar-refractivity contribution >= 4 is 6.09 Å². The summed E-state index contributed by atoms with van der Waals surface area (Å²) in [5.74, 6) is 0. The first kappa shape index (κ1) is 9.28. The Labute approximate surface area is 71.0 Å². The second-order valence-corrected chi connectivity index (χ2v) is 2.56. The van der Waals surface area contributed by atoms with Crippen LogP contribution < -0.4 is 5.32 Å². The van der Waals surface area contributed by atoms with E-state index >= 15 is 0 Å². The van der Waals surface area contributed by atoms with Gasteiger partial charge in [0.25, 0.3) is 0 Å². The molecule has 1 aliphatic carbocycles. The molecule has 0 aromatic heterocycles. The average Bonchev–Trinajstić information content (AvgIpc) is 2.77. The van der Waals surface area contributed by atoms with E-state index in [4.69, 9.17) is 9.47 Å². The van der Waals surface area contributed by atoms with Gasteiger partial charge < -0.3 is 19.5 Å². The topological polar surface area (TPSA) is 56.8 Å². The van der Waals surface area contributed by atoms with Gasteiger partial charge >= 0.3 is 6.09 Å². The van der Waals surface area contributed by atoms with Crippen LogP contribution in [-0.4, -0.2) is 45.7 Å². The van der Waals surface area contributed by atoms with Crippen molar-refractivity contribution in [3.63, 3.8) is 0 Å². The predicted octanol–water partition coefficient (Wildman–Crippen LogP) is -0.245. The molecule has 0 aliphatic heterocycles. The van der Waals surface area contributed by atoms with E-state index < -0.39 is 6.09 Å². The third kappa shape index (κ3) is 1.67. The van der Waals surface area contributed by atoms with Crippen molar-refractivity contribution in [2.24, 2.45) is 0 Å². The van der Waals surface area contributed by atoms with Crippen molar-refractivity contribution < 1.29 is 19.0 Å². The molecule has 2 atom stereocenters. The number of nitrogens with one attached hydrogen (secondary N) is 1. The first-order valence-corrected chi connectivity index (χ1v) is 3.64. The summed E-state index contributed by atoms with van der Waals surface area (Å²) >= 11 is 0. The minimum Gasteiger partial charge on any atom is -0.453 e. The van der Waals surface area contributed by atoms with Gasteiger partial charge in [-0.15, -0.1) is 0 Å². The molecule has 5 heteroatoms. The molecule has 0 heterocycles. The molecule has 2 unspecified atom stereocenters. The van der Waals surface area contributed by atoms with Crippen LogP contribution in [0.2, 0.25) is 0 Å². The Bertz CT molecular complexity index is 163. The van der Waals surface area contributed by atoms with Gasteiger partial charge in [-0.05, 0) is 0 Å². The molecule has 5 nitrogen and oxygen atoms in total. The fourth-order valence-electron chi connectivity index (χ4n) is 1.18.